The number of ketones is 1. The highest BCUT2D eigenvalue weighted by Crippen LogP contribution is 2.41. The summed E-state index contributed by atoms with van der Waals surface area (Å²) in [6.45, 7) is 10.8. The molecule has 1 fully saturated rings. The summed E-state index contributed by atoms with van der Waals surface area (Å²) < 4.78 is 26.6. The Balaban J connectivity index is 1.62. The Morgan fingerprint density at radius 1 is 1.15 bits per heavy atom. The van der Waals surface area contributed by atoms with Gasteiger partial charge in [0, 0.05) is 12.1 Å². The third-order valence-electron chi connectivity index (χ3n) is 6.74. The van der Waals surface area contributed by atoms with Crippen molar-refractivity contribution in [3.8, 4) is 0 Å². The molecule has 1 saturated carbocycles. The maximum atomic E-state index is 15.0. The minimum Gasteiger partial charge on any atom is -0.444 e. The predicted octanol–water partition coefficient (Wildman–Crippen LogP) is 6.80. The lowest BCUT2D eigenvalue weighted by atomic mass is 9.81. The van der Waals surface area contributed by atoms with Gasteiger partial charge in [0.25, 0.3) is 0 Å². The van der Waals surface area contributed by atoms with Gasteiger partial charge in [0.1, 0.15) is 18.5 Å². The number of nitrogens with one attached hydrogen (secondary N) is 1. The fraction of sp³-hybridized carbons (Fsp3) is 0.462. The van der Waals surface area contributed by atoms with Gasteiger partial charge in [-0.05, 0) is 60.2 Å². The Hall–Kier alpha value is -2.51. The number of hydrogen-bond acceptors (Lipinski definition) is 4. The Morgan fingerprint density at radius 2 is 1.85 bits per heavy atom. The summed E-state index contributed by atoms with van der Waals surface area (Å²) in [5, 5.41) is 2.57. The van der Waals surface area contributed by atoms with Crippen LogP contribution in [0.1, 0.15) is 57.1 Å². The molecule has 1 N–H and O–H groups in total. The largest absolute Gasteiger partial charge is 0.444 e. The molecule has 7 heteroatoms. The molecule has 178 valence electrons. The number of benzene rings is 2. The molecule has 0 aliphatic heterocycles. The average Bonchev–Trinajstić information content (AvgIpc) is 2.74. The van der Waals surface area contributed by atoms with Crippen LogP contribution in [0.3, 0.4) is 0 Å². The molecule has 0 spiro atoms. The Morgan fingerprint density at radius 3 is 2.48 bits per heavy atom. The van der Waals surface area contributed by atoms with Crippen LogP contribution in [-0.2, 0) is 20.6 Å². The molecule has 3 rings (SSSR count). The number of carbonyl (C=O) groups is 2. The van der Waals surface area contributed by atoms with Crippen LogP contribution in [0.15, 0.2) is 48.5 Å². The number of hydrogen-bond donors (Lipinski definition) is 1. The van der Waals surface area contributed by atoms with Gasteiger partial charge in [0.05, 0.1) is 0 Å². The van der Waals surface area contributed by atoms with E-state index in [1.54, 1.807) is 12.1 Å². The van der Waals surface area contributed by atoms with Gasteiger partial charge in [-0.1, -0.05) is 57.2 Å². The number of ether oxygens (including phenoxy) is 1. The molecule has 0 radical (unpaired) electrons. The van der Waals surface area contributed by atoms with Crippen LogP contribution < -0.4 is 5.32 Å². The number of Topliss-reactive ketones (excluding diaryl/α,β-unsaturated/α-hetero) is 1. The maximum absolute atomic E-state index is 15.0. The second kappa shape index (κ2) is 10.2. The quantitative estimate of drug-likeness (QED) is 0.471. The van der Waals surface area contributed by atoms with Gasteiger partial charge in [0.2, 0.25) is 0 Å². The normalized spacial score (nSPS) is 19.3. The fourth-order valence-corrected chi connectivity index (χ4v) is 5.02. The summed E-state index contributed by atoms with van der Waals surface area (Å²) in [6, 6.07) is 14.0. The van der Waals surface area contributed by atoms with Crippen LogP contribution in [0.25, 0.3) is 0 Å². The smallest absolute Gasteiger partial charge is 0.411 e. The lowest BCUT2D eigenvalue weighted by Crippen LogP contribution is -2.47. The molecule has 0 bridgehead atoms. The van der Waals surface area contributed by atoms with Gasteiger partial charge in [-0.2, -0.15) is 0 Å². The van der Waals surface area contributed by atoms with E-state index in [0.29, 0.717) is 30.5 Å². The molecule has 5 nitrogen and oxygen atoms in total. The fourth-order valence-electron chi connectivity index (χ4n) is 3.73. The summed E-state index contributed by atoms with van der Waals surface area (Å²) in [7, 11) is -2.11. The van der Waals surface area contributed by atoms with Crippen LogP contribution >= 0.6 is 0 Å². The molecule has 0 aromatic heterocycles. The number of rotatable bonds is 6. The predicted molar refractivity (Wildman–Crippen MR) is 130 cm³/mol. The SMILES string of the molecule is CC(C)(C)[Si](C)(C)O[C@@H]1C[C@H](c2ccc(NC(=O)OCc3ccccc3)cc2F)CCC1=O. The Kier molecular flexibility index (Phi) is 7.75. The Bertz CT molecular complexity index is 988. The number of amides is 1. The van der Waals surface area contributed by atoms with Crippen LogP contribution in [0.2, 0.25) is 18.1 Å². The first-order valence-corrected chi connectivity index (χ1v) is 14.3. The summed E-state index contributed by atoms with van der Waals surface area (Å²) in [5.74, 6) is -0.395. The number of carbonyl (C=O) groups excluding carboxylic acids is 2. The number of anilines is 1. The van der Waals surface area contributed by atoms with E-state index in [-0.39, 0.29) is 23.3 Å². The van der Waals surface area contributed by atoms with E-state index in [9.17, 15) is 14.0 Å². The molecular formula is C26H34FNO4Si. The van der Waals surface area contributed by atoms with Gasteiger partial charge < -0.3 is 9.16 Å². The van der Waals surface area contributed by atoms with Crippen molar-refractivity contribution in [2.45, 2.75) is 76.8 Å². The molecule has 1 amide bonds. The van der Waals surface area contributed by atoms with Crippen LogP contribution in [0, 0.1) is 5.82 Å². The molecule has 0 unspecified atom stereocenters. The zero-order valence-corrected chi connectivity index (χ0v) is 21.1. The lowest BCUT2D eigenvalue weighted by Gasteiger charge is -2.41. The maximum Gasteiger partial charge on any atom is 0.411 e. The summed E-state index contributed by atoms with van der Waals surface area (Å²) in [6.07, 6.45) is 0.328. The molecule has 33 heavy (non-hydrogen) atoms. The first-order chi connectivity index (χ1) is 15.5. The van der Waals surface area contributed by atoms with Crippen molar-refractivity contribution in [1.29, 1.82) is 0 Å². The third-order valence-corrected chi connectivity index (χ3v) is 11.2. The van der Waals surface area contributed by atoms with E-state index in [2.05, 4.69) is 39.2 Å². The molecule has 1 aliphatic carbocycles. The molecule has 0 saturated heterocycles. The van der Waals surface area contributed by atoms with E-state index in [1.807, 2.05) is 30.3 Å². The average molecular weight is 472 g/mol. The minimum absolute atomic E-state index is 0.00604. The van der Waals surface area contributed by atoms with Crippen molar-refractivity contribution < 1.29 is 23.1 Å². The van der Waals surface area contributed by atoms with E-state index >= 15 is 0 Å². The van der Waals surface area contributed by atoms with Crippen molar-refractivity contribution in [3.63, 3.8) is 0 Å². The topological polar surface area (TPSA) is 64.6 Å². The summed E-state index contributed by atoms with van der Waals surface area (Å²) >= 11 is 0. The van der Waals surface area contributed by atoms with Crippen molar-refractivity contribution >= 4 is 25.9 Å². The minimum atomic E-state index is -2.11. The molecule has 2 atom stereocenters. The van der Waals surface area contributed by atoms with Crippen LogP contribution in [0.4, 0.5) is 14.9 Å². The van der Waals surface area contributed by atoms with Gasteiger partial charge in [-0.3, -0.25) is 10.1 Å². The van der Waals surface area contributed by atoms with E-state index in [0.717, 1.165) is 5.56 Å². The first kappa shape index (κ1) is 25.1. The van der Waals surface area contributed by atoms with Crippen LogP contribution in [-0.4, -0.2) is 26.3 Å². The third kappa shape index (κ3) is 6.51. The number of halogens is 1. The second-order valence-corrected chi connectivity index (χ2v) is 15.0. The van der Waals surface area contributed by atoms with Crippen LogP contribution in [0.5, 0.6) is 0 Å². The second-order valence-electron chi connectivity index (χ2n) is 10.2. The van der Waals surface area contributed by atoms with Gasteiger partial charge >= 0.3 is 6.09 Å². The highest BCUT2D eigenvalue weighted by atomic mass is 28.4. The lowest BCUT2D eigenvalue weighted by molar-refractivity contribution is -0.128. The van der Waals surface area contributed by atoms with Gasteiger partial charge in [0.15, 0.2) is 14.1 Å². The van der Waals surface area contributed by atoms with Crippen molar-refractivity contribution in [3.05, 3.63) is 65.5 Å². The summed E-state index contributed by atoms with van der Waals surface area (Å²) in [5.41, 5.74) is 1.75. The summed E-state index contributed by atoms with van der Waals surface area (Å²) in [4.78, 5) is 24.6. The highest BCUT2D eigenvalue weighted by molar-refractivity contribution is 6.74. The molecule has 2 aromatic rings. The first-order valence-electron chi connectivity index (χ1n) is 11.4. The Labute approximate surface area is 196 Å². The van der Waals surface area contributed by atoms with Gasteiger partial charge in [-0.15, -0.1) is 0 Å². The standard InChI is InChI=1S/C26H34FNO4Si/c1-26(2,3)33(4,5)32-24-15-19(11-14-23(24)29)21-13-12-20(16-22(21)27)28-25(30)31-17-18-9-7-6-8-10-18/h6-10,12-13,16,19,24H,11,14-15,17H2,1-5H3,(H,28,30)/t19-,24-/m1/s1. The molecular weight excluding hydrogens is 437 g/mol. The monoisotopic (exact) mass is 471 g/mol. The molecule has 2 aromatic carbocycles. The molecule has 1 aliphatic rings. The van der Waals surface area contributed by atoms with Gasteiger partial charge in [-0.25, -0.2) is 9.18 Å². The van der Waals surface area contributed by atoms with Crippen molar-refractivity contribution in [2.24, 2.45) is 0 Å². The zero-order chi connectivity index (χ0) is 24.2. The zero-order valence-electron chi connectivity index (χ0n) is 20.1. The van der Waals surface area contributed by atoms with Crippen molar-refractivity contribution in [2.75, 3.05) is 5.32 Å². The highest BCUT2D eigenvalue weighted by Gasteiger charge is 2.42. The van der Waals surface area contributed by atoms with E-state index in [4.69, 9.17) is 9.16 Å². The van der Waals surface area contributed by atoms with Crippen molar-refractivity contribution in [1.82, 2.24) is 0 Å². The van der Waals surface area contributed by atoms with E-state index in [1.165, 1.54) is 6.07 Å². The molecule has 0 heterocycles. The van der Waals surface area contributed by atoms with E-state index < -0.39 is 26.3 Å².